The lowest BCUT2D eigenvalue weighted by Crippen LogP contribution is -2.34. The maximum Gasteiger partial charge on any atom is 0.490 e. The van der Waals surface area contributed by atoms with Crippen LogP contribution in [0.1, 0.15) is 29.7 Å². The molecule has 1 saturated heterocycles. The van der Waals surface area contributed by atoms with Crippen molar-refractivity contribution in [1.29, 1.82) is 0 Å². The van der Waals surface area contributed by atoms with Crippen LogP contribution in [0.2, 0.25) is 0 Å². The zero-order valence-corrected chi connectivity index (χ0v) is 18.0. The van der Waals surface area contributed by atoms with Crippen LogP contribution in [0.25, 0.3) is 11.3 Å². The smallest absolute Gasteiger partial charge is 0.475 e. The van der Waals surface area contributed by atoms with Gasteiger partial charge in [0.2, 0.25) is 0 Å². The van der Waals surface area contributed by atoms with Crippen molar-refractivity contribution in [3.8, 4) is 11.3 Å². The Morgan fingerprint density at radius 2 is 1.88 bits per heavy atom. The number of benzene rings is 1. The summed E-state index contributed by atoms with van der Waals surface area (Å²) >= 11 is 0. The van der Waals surface area contributed by atoms with Crippen molar-refractivity contribution < 1.29 is 23.1 Å². The van der Waals surface area contributed by atoms with Gasteiger partial charge in [0, 0.05) is 31.7 Å². The first-order valence-corrected chi connectivity index (χ1v) is 10.6. The summed E-state index contributed by atoms with van der Waals surface area (Å²) in [7, 11) is 2.19. The van der Waals surface area contributed by atoms with E-state index in [2.05, 4.69) is 45.8 Å². The molecule has 4 rings (SSSR count). The van der Waals surface area contributed by atoms with Gasteiger partial charge in [-0.3, -0.25) is 9.97 Å². The van der Waals surface area contributed by atoms with Crippen LogP contribution < -0.4 is 10.6 Å². The van der Waals surface area contributed by atoms with Crippen LogP contribution in [0.5, 0.6) is 0 Å². The summed E-state index contributed by atoms with van der Waals surface area (Å²) in [6.45, 7) is 6.20. The number of alkyl halides is 3. The van der Waals surface area contributed by atoms with Gasteiger partial charge in [0.25, 0.3) is 0 Å². The minimum atomic E-state index is -5.08. The molecule has 0 saturated carbocycles. The molecule has 1 fully saturated rings. The zero-order valence-electron chi connectivity index (χ0n) is 18.0. The number of nitrogens with one attached hydrogen (secondary N) is 2. The highest BCUT2D eigenvalue weighted by Crippen LogP contribution is 2.27. The number of rotatable bonds is 5. The summed E-state index contributed by atoms with van der Waals surface area (Å²) < 4.78 is 31.7. The second kappa shape index (κ2) is 10.8. The summed E-state index contributed by atoms with van der Waals surface area (Å²) in [5, 5.41) is 14.0. The fraction of sp³-hybridized carbons (Fsp3) is 0.500. The van der Waals surface area contributed by atoms with Crippen LogP contribution in [0.4, 0.5) is 13.2 Å². The lowest BCUT2D eigenvalue weighted by atomic mass is 9.98. The number of piperidine rings is 1. The predicted octanol–water partition coefficient (Wildman–Crippen LogP) is 2.81. The zero-order chi connectivity index (χ0) is 23.1. The molecular weight excluding hydrogens is 423 g/mol. The van der Waals surface area contributed by atoms with Gasteiger partial charge in [0.05, 0.1) is 23.8 Å². The maximum atomic E-state index is 10.6. The molecule has 10 heteroatoms. The number of carbonyl (C=O) groups is 1. The third-order valence-corrected chi connectivity index (χ3v) is 5.57. The van der Waals surface area contributed by atoms with Gasteiger partial charge in [-0.15, -0.1) is 0 Å². The van der Waals surface area contributed by atoms with Crippen molar-refractivity contribution >= 4 is 5.97 Å². The van der Waals surface area contributed by atoms with Gasteiger partial charge >= 0.3 is 12.1 Å². The van der Waals surface area contributed by atoms with Gasteiger partial charge in [-0.25, -0.2) is 4.79 Å². The molecule has 2 aliphatic heterocycles. The van der Waals surface area contributed by atoms with Crippen LogP contribution in [-0.4, -0.2) is 58.8 Å². The largest absolute Gasteiger partial charge is 0.490 e. The molecule has 0 radical (unpaired) electrons. The Morgan fingerprint density at radius 1 is 1.16 bits per heavy atom. The first-order chi connectivity index (χ1) is 15.2. The number of halogens is 3. The van der Waals surface area contributed by atoms with Crippen molar-refractivity contribution in [3.63, 3.8) is 0 Å². The lowest BCUT2D eigenvalue weighted by molar-refractivity contribution is -0.192. The van der Waals surface area contributed by atoms with Gasteiger partial charge in [-0.05, 0) is 50.0 Å². The molecule has 0 bridgehead atoms. The van der Waals surface area contributed by atoms with E-state index in [-0.39, 0.29) is 0 Å². The highest BCUT2D eigenvalue weighted by atomic mass is 19.4. The number of hydrogen-bond acceptors (Lipinski definition) is 6. The Balaban J connectivity index is 0.000000360. The molecule has 3 N–H and O–H groups in total. The molecule has 2 aliphatic rings. The van der Waals surface area contributed by atoms with Crippen molar-refractivity contribution in [2.45, 2.75) is 38.7 Å². The maximum absolute atomic E-state index is 10.6. The summed E-state index contributed by atoms with van der Waals surface area (Å²) in [6.07, 6.45) is 1.35. The summed E-state index contributed by atoms with van der Waals surface area (Å²) in [6, 6.07) is 6.46. The quantitative estimate of drug-likeness (QED) is 0.644. The number of carboxylic acid groups (broad SMARTS) is 1. The Hall–Kier alpha value is -2.56. The molecule has 0 unspecified atom stereocenters. The second-order valence-corrected chi connectivity index (χ2v) is 8.13. The molecule has 3 heterocycles. The number of hydrogen-bond donors (Lipinski definition) is 3. The average molecular weight is 451 g/mol. The molecular formula is C22H28F3N5O2. The molecule has 0 aliphatic carbocycles. The highest BCUT2D eigenvalue weighted by molar-refractivity contribution is 5.73. The molecule has 174 valence electrons. The van der Waals surface area contributed by atoms with Crippen molar-refractivity contribution in [2.75, 3.05) is 26.7 Å². The van der Waals surface area contributed by atoms with Crippen molar-refractivity contribution in [1.82, 2.24) is 25.5 Å². The van der Waals surface area contributed by atoms with E-state index in [9.17, 15) is 13.2 Å². The van der Waals surface area contributed by atoms with Crippen LogP contribution >= 0.6 is 0 Å². The number of carboxylic acids is 1. The minimum Gasteiger partial charge on any atom is -0.475 e. The SMILES string of the molecule is CN(Cc1cnc(-c2cccc3c2CNC3)cn1)CC1CCNCC1.O=C(O)C(F)(F)F. The van der Waals surface area contributed by atoms with Gasteiger partial charge in [-0.2, -0.15) is 13.2 Å². The summed E-state index contributed by atoms with van der Waals surface area (Å²) in [5.74, 6) is -1.95. The number of nitrogens with zero attached hydrogens (tertiary/aromatic N) is 3. The van der Waals surface area contributed by atoms with E-state index in [1.54, 1.807) is 0 Å². The molecule has 7 nitrogen and oxygen atoms in total. The normalized spacial score (nSPS) is 16.4. The van der Waals surface area contributed by atoms with E-state index in [1.165, 1.54) is 29.5 Å². The van der Waals surface area contributed by atoms with Crippen molar-refractivity contribution in [2.24, 2.45) is 5.92 Å². The van der Waals surface area contributed by atoms with Gasteiger partial charge < -0.3 is 20.6 Å². The Bertz CT molecular complexity index is 899. The molecule has 0 atom stereocenters. The van der Waals surface area contributed by atoms with E-state index in [0.29, 0.717) is 0 Å². The second-order valence-electron chi connectivity index (χ2n) is 8.13. The first-order valence-electron chi connectivity index (χ1n) is 10.6. The van der Waals surface area contributed by atoms with Crippen LogP contribution in [0.15, 0.2) is 30.6 Å². The number of fused-ring (bicyclic) bond motifs is 1. The van der Waals surface area contributed by atoms with Crippen LogP contribution in [-0.2, 0) is 24.4 Å². The summed E-state index contributed by atoms with van der Waals surface area (Å²) in [5.41, 5.74) is 5.98. The predicted molar refractivity (Wildman–Crippen MR) is 114 cm³/mol. The van der Waals surface area contributed by atoms with E-state index < -0.39 is 12.1 Å². The third-order valence-electron chi connectivity index (χ3n) is 5.57. The topological polar surface area (TPSA) is 90.4 Å². The van der Waals surface area contributed by atoms with Crippen molar-refractivity contribution in [3.05, 3.63) is 47.4 Å². The fourth-order valence-electron chi connectivity index (χ4n) is 3.99. The highest BCUT2D eigenvalue weighted by Gasteiger charge is 2.38. The molecule has 2 aromatic rings. The van der Waals surface area contributed by atoms with Gasteiger partial charge in [-0.1, -0.05) is 18.2 Å². The summed E-state index contributed by atoms with van der Waals surface area (Å²) in [4.78, 5) is 20.7. The van der Waals surface area contributed by atoms with E-state index >= 15 is 0 Å². The molecule has 0 spiro atoms. The van der Waals surface area contributed by atoms with Crippen LogP contribution in [0.3, 0.4) is 0 Å². The Kier molecular flexibility index (Phi) is 8.16. The van der Waals surface area contributed by atoms with Gasteiger partial charge in [0.1, 0.15) is 0 Å². The van der Waals surface area contributed by atoms with Crippen LogP contribution in [0, 0.1) is 5.92 Å². The average Bonchev–Trinajstić information content (AvgIpc) is 3.24. The monoisotopic (exact) mass is 451 g/mol. The molecule has 1 aromatic carbocycles. The molecule has 32 heavy (non-hydrogen) atoms. The molecule has 1 aromatic heterocycles. The van der Waals surface area contributed by atoms with E-state index in [0.717, 1.165) is 56.6 Å². The number of aliphatic carboxylic acids is 1. The lowest BCUT2D eigenvalue weighted by Gasteiger charge is -2.27. The minimum absolute atomic E-state index is 0.804. The molecule has 0 amide bonds. The van der Waals surface area contributed by atoms with Gasteiger partial charge in [0.15, 0.2) is 0 Å². The Morgan fingerprint density at radius 3 is 2.50 bits per heavy atom. The fourth-order valence-corrected chi connectivity index (χ4v) is 3.99. The third kappa shape index (κ3) is 6.72. The van der Waals surface area contributed by atoms with E-state index in [4.69, 9.17) is 14.9 Å². The standard InChI is InChI=1S/C20H27N5.C2HF3O2/c1-25(13-15-5-7-21-8-6-15)14-17-10-24-20(12-23-17)18-4-2-3-16-9-22-11-19(16)18;3-2(4,5)1(6)7/h2-4,10,12,15,21-22H,5-9,11,13-14H2,1H3;(H,6,7). The Labute approximate surface area is 185 Å². The van der Waals surface area contributed by atoms with E-state index in [1.807, 2.05) is 12.4 Å². The number of aromatic nitrogens is 2. The first kappa shape index (κ1) is 24.1.